The van der Waals surface area contributed by atoms with Crippen molar-refractivity contribution in [1.29, 1.82) is 0 Å². The molecule has 0 amide bonds. The molecular formula is C14H11NO2S. The van der Waals surface area contributed by atoms with Gasteiger partial charge in [0, 0.05) is 27.6 Å². The van der Waals surface area contributed by atoms with Gasteiger partial charge in [-0.25, -0.2) is 0 Å². The van der Waals surface area contributed by atoms with Crippen molar-refractivity contribution in [3.05, 3.63) is 42.3 Å². The van der Waals surface area contributed by atoms with E-state index in [4.69, 9.17) is 4.42 Å². The second-order valence-electron chi connectivity index (χ2n) is 3.94. The molecule has 0 spiro atoms. The van der Waals surface area contributed by atoms with E-state index < -0.39 is 0 Å². The van der Waals surface area contributed by atoms with Crippen molar-refractivity contribution < 1.29 is 9.21 Å². The number of hydrogen-bond donors (Lipinski definition) is 1. The number of carbonyl (C=O) groups is 1. The van der Waals surface area contributed by atoms with Gasteiger partial charge in [-0.15, -0.1) is 11.8 Å². The van der Waals surface area contributed by atoms with Crippen molar-refractivity contribution in [3.63, 3.8) is 0 Å². The van der Waals surface area contributed by atoms with Crippen LogP contribution in [0.1, 0.15) is 10.6 Å². The van der Waals surface area contributed by atoms with Crippen molar-refractivity contribution >= 4 is 29.0 Å². The third-order valence-corrected chi connectivity index (χ3v) is 3.67. The van der Waals surface area contributed by atoms with E-state index in [0.29, 0.717) is 17.8 Å². The van der Waals surface area contributed by atoms with E-state index in [2.05, 4.69) is 11.1 Å². The highest BCUT2D eigenvalue weighted by molar-refractivity contribution is 7.98. The van der Waals surface area contributed by atoms with Crippen LogP contribution in [0.5, 0.6) is 0 Å². The van der Waals surface area contributed by atoms with E-state index in [1.807, 2.05) is 30.7 Å². The zero-order chi connectivity index (χ0) is 12.5. The molecule has 0 radical (unpaired) electrons. The molecule has 3 rings (SSSR count). The fourth-order valence-electron chi connectivity index (χ4n) is 1.99. The topological polar surface area (TPSA) is 46.0 Å². The van der Waals surface area contributed by atoms with Crippen LogP contribution in [0.2, 0.25) is 0 Å². The fourth-order valence-corrected chi connectivity index (χ4v) is 2.55. The Morgan fingerprint density at radius 3 is 2.89 bits per heavy atom. The molecule has 0 saturated carbocycles. The van der Waals surface area contributed by atoms with Gasteiger partial charge in [0.05, 0.1) is 0 Å². The summed E-state index contributed by atoms with van der Waals surface area (Å²) in [7, 11) is 0. The Morgan fingerprint density at radius 1 is 1.28 bits per heavy atom. The van der Waals surface area contributed by atoms with Gasteiger partial charge in [-0.2, -0.15) is 0 Å². The summed E-state index contributed by atoms with van der Waals surface area (Å²) >= 11 is 1.70. The molecule has 1 aromatic carbocycles. The van der Waals surface area contributed by atoms with E-state index in [1.54, 1.807) is 17.8 Å². The Morgan fingerprint density at radius 2 is 2.17 bits per heavy atom. The predicted octanol–water partition coefficient (Wildman–Crippen LogP) is 3.96. The smallest absolute Gasteiger partial charge is 0.185 e. The number of aromatic nitrogens is 1. The first-order chi connectivity index (χ1) is 8.81. The number of furan rings is 1. The maximum Gasteiger partial charge on any atom is 0.185 e. The average molecular weight is 257 g/mol. The molecule has 3 nitrogen and oxygen atoms in total. The maximum absolute atomic E-state index is 10.6. The van der Waals surface area contributed by atoms with Gasteiger partial charge in [0.15, 0.2) is 12.0 Å². The van der Waals surface area contributed by atoms with Crippen LogP contribution in [0.25, 0.3) is 22.2 Å². The normalized spacial score (nSPS) is 10.9. The van der Waals surface area contributed by atoms with Gasteiger partial charge in [0.1, 0.15) is 5.76 Å². The molecule has 18 heavy (non-hydrogen) atoms. The summed E-state index contributed by atoms with van der Waals surface area (Å²) in [5.74, 6) is 1.07. The molecular weight excluding hydrogens is 246 g/mol. The van der Waals surface area contributed by atoms with Gasteiger partial charge >= 0.3 is 0 Å². The van der Waals surface area contributed by atoms with Crippen molar-refractivity contribution in [2.75, 3.05) is 6.26 Å². The summed E-state index contributed by atoms with van der Waals surface area (Å²) in [5.41, 5.74) is 2.08. The minimum Gasteiger partial charge on any atom is -0.453 e. The third kappa shape index (κ3) is 1.75. The van der Waals surface area contributed by atoms with Gasteiger partial charge in [0.2, 0.25) is 0 Å². The zero-order valence-corrected chi connectivity index (χ0v) is 10.6. The number of benzene rings is 1. The number of carbonyl (C=O) groups excluding carboxylic acids is 1. The molecule has 0 saturated heterocycles. The van der Waals surface area contributed by atoms with Gasteiger partial charge in [-0.3, -0.25) is 4.79 Å². The largest absolute Gasteiger partial charge is 0.453 e. The standard InChI is InChI=1S/C14H11NO2S/c1-18-14-7-15-12-4-2-9(6-11(12)14)13-5-3-10(8-16)17-13/h2-8,15H,1H3. The highest BCUT2D eigenvalue weighted by atomic mass is 32.2. The summed E-state index contributed by atoms with van der Waals surface area (Å²) in [5, 5.41) is 1.17. The van der Waals surface area contributed by atoms with Crippen LogP contribution in [-0.2, 0) is 0 Å². The van der Waals surface area contributed by atoms with Crippen LogP contribution >= 0.6 is 11.8 Å². The molecule has 2 aromatic heterocycles. The van der Waals surface area contributed by atoms with Gasteiger partial charge < -0.3 is 9.40 Å². The first kappa shape index (κ1) is 11.2. The Bertz CT molecular complexity index is 711. The third-order valence-electron chi connectivity index (χ3n) is 2.89. The second kappa shape index (κ2) is 4.38. The van der Waals surface area contributed by atoms with E-state index in [1.165, 1.54) is 10.3 Å². The molecule has 3 aromatic rings. The van der Waals surface area contributed by atoms with Crippen molar-refractivity contribution in [3.8, 4) is 11.3 Å². The minimum atomic E-state index is 0.351. The number of aldehydes is 1. The quantitative estimate of drug-likeness (QED) is 0.570. The molecule has 0 bridgehead atoms. The summed E-state index contributed by atoms with van der Waals surface area (Å²) < 4.78 is 5.43. The minimum absolute atomic E-state index is 0.351. The number of thioether (sulfide) groups is 1. The van der Waals surface area contributed by atoms with E-state index in [-0.39, 0.29) is 0 Å². The summed E-state index contributed by atoms with van der Waals surface area (Å²) in [6.07, 6.45) is 4.76. The van der Waals surface area contributed by atoms with Crippen LogP contribution in [-0.4, -0.2) is 17.5 Å². The first-order valence-corrected chi connectivity index (χ1v) is 6.75. The number of H-pyrrole nitrogens is 1. The second-order valence-corrected chi connectivity index (χ2v) is 4.79. The molecule has 0 aliphatic heterocycles. The maximum atomic E-state index is 10.6. The molecule has 1 N–H and O–H groups in total. The fraction of sp³-hybridized carbons (Fsp3) is 0.0714. The van der Waals surface area contributed by atoms with E-state index in [0.717, 1.165) is 11.1 Å². The van der Waals surface area contributed by atoms with Crippen molar-refractivity contribution in [2.45, 2.75) is 4.90 Å². The lowest BCUT2D eigenvalue weighted by Crippen LogP contribution is -1.75. The Hall–Kier alpha value is -1.94. The number of nitrogens with one attached hydrogen (secondary N) is 1. The zero-order valence-electron chi connectivity index (χ0n) is 9.77. The Labute approximate surface area is 108 Å². The van der Waals surface area contributed by atoms with Gasteiger partial charge in [0.25, 0.3) is 0 Å². The lowest BCUT2D eigenvalue weighted by Gasteiger charge is -1.99. The van der Waals surface area contributed by atoms with Crippen LogP contribution in [0.3, 0.4) is 0 Å². The van der Waals surface area contributed by atoms with Crippen LogP contribution in [0.4, 0.5) is 0 Å². The molecule has 0 aliphatic rings. The van der Waals surface area contributed by atoms with Crippen LogP contribution in [0.15, 0.2) is 45.8 Å². The highest BCUT2D eigenvalue weighted by Crippen LogP contribution is 2.31. The van der Waals surface area contributed by atoms with Crippen LogP contribution < -0.4 is 0 Å². The highest BCUT2D eigenvalue weighted by Gasteiger charge is 2.08. The lowest BCUT2D eigenvalue weighted by atomic mass is 10.1. The number of hydrogen-bond acceptors (Lipinski definition) is 3. The van der Waals surface area contributed by atoms with Crippen molar-refractivity contribution in [1.82, 2.24) is 4.98 Å². The van der Waals surface area contributed by atoms with Gasteiger partial charge in [-0.05, 0) is 36.6 Å². The average Bonchev–Trinajstić information content (AvgIpc) is 3.04. The molecule has 0 unspecified atom stereocenters. The summed E-state index contributed by atoms with van der Waals surface area (Å²) in [6.45, 7) is 0. The molecule has 4 heteroatoms. The number of fused-ring (bicyclic) bond motifs is 1. The molecule has 0 fully saturated rings. The van der Waals surface area contributed by atoms with E-state index >= 15 is 0 Å². The lowest BCUT2D eigenvalue weighted by molar-refractivity contribution is 0.110. The van der Waals surface area contributed by atoms with Gasteiger partial charge in [-0.1, -0.05) is 0 Å². The number of rotatable bonds is 3. The Balaban J connectivity index is 2.14. The monoisotopic (exact) mass is 257 g/mol. The molecule has 0 atom stereocenters. The summed E-state index contributed by atoms with van der Waals surface area (Å²) in [6, 6.07) is 9.57. The molecule has 0 aliphatic carbocycles. The SMILES string of the molecule is CSc1c[nH]c2ccc(-c3ccc(C=O)o3)cc12. The Kier molecular flexibility index (Phi) is 2.72. The van der Waals surface area contributed by atoms with E-state index in [9.17, 15) is 4.79 Å². The number of aromatic amines is 1. The predicted molar refractivity (Wildman–Crippen MR) is 73.2 cm³/mol. The van der Waals surface area contributed by atoms with Crippen LogP contribution in [0, 0.1) is 0 Å². The van der Waals surface area contributed by atoms with Crippen molar-refractivity contribution in [2.24, 2.45) is 0 Å². The molecule has 90 valence electrons. The summed E-state index contributed by atoms with van der Waals surface area (Å²) in [4.78, 5) is 15.0. The molecule has 2 heterocycles. The first-order valence-electron chi connectivity index (χ1n) is 5.52.